The SMILES string of the molecule is Cc1ccc(C(=O)Nc2cc(C(=O)NCc3ccc(CN)cc3)ccc2CN2CCN(c3ccc(F)cc3)CC2)cc1. The van der Waals surface area contributed by atoms with Crippen LogP contribution in [0.15, 0.2) is 91.0 Å². The van der Waals surface area contributed by atoms with Crippen molar-refractivity contribution in [3.63, 3.8) is 0 Å². The normalized spacial score (nSPS) is 13.5. The van der Waals surface area contributed by atoms with Crippen molar-refractivity contribution in [2.24, 2.45) is 5.73 Å². The van der Waals surface area contributed by atoms with Gasteiger partial charge in [0.1, 0.15) is 5.82 Å². The highest BCUT2D eigenvalue weighted by Crippen LogP contribution is 2.23. The number of nitrogens with two attached hydrogens (primary N) is 1. The number of piperazine rings is 1. The average Bonchev–Trinajstić information content (AvgIpc) is 3.02. The van der Waals surface area contributed by atoms with Crippen molar-refractivity contribution in [2.45, 2.75) is 26.6 Å². The van der Waals surface area contributed by atoms with E-state index >= 15 is 0 Å². The van der Waals surface area contributed by atoms with Gasteiger partial charge in [0.25, 0.3) is 11.8 Å². The van der Waals surface area contributed by atoms with Crippen LogP contribution in [0.1, 0.15) is 43.0 Å². The van der Waals surface area contributed by atoms with Gasteiger partial charge in [-0.15, -0.1) is 0 Å². The molecule has 1 aliphatic rings. The summed E-state index contributed by atoms with van der Waals surface area (Å²) >= 11 is 0. The van der Waals surface area contributed by atoms with Crippen LogP contribution in [0.4, 0.5) is 15.8 Å². The Balaban J connectivity index is 1.29. The van der Waals surface area contributed by atoms with Crippen molar-refractivity contribution >= 4 is 23.2 Å². The number of halogens is 1. The Morgan fingerprint density at radius 1 is 0.786 bits per heavy atom. The lowest BCUT2D eigenvalue weighted by molar-refractivity contribution is 0.0949. The fourth-order valence-electron chi connectivity index (χ4n) is 5.01. The van der Waals surface area contributed by atoms with Crippen LogP contribution in [0.5, 0.6) is 0 Å². The number of hydrogen-bond donors (Lipinski definition) is 3. The van der Waals surface area contributed by atoms with Gasteiger partial charge in [0.05, 0.1) is 0 Å². The molecular formula is C34H36FN5O2. The largest absolute Gasteiger partial charge is 0.369 e. The highest BCUT2D eigenvalue weighted by Gasteiger charge is 2.20. The van der Waals surface area contributed by atoms with Gasteiger partial charge in [0.2, 0.25) is 0 Å². The van der Waals surface area contributed by atoms with Gasteiger partial charge in [-0.2, -0.15) is 0 Å². The first-order chi connectivity index (χ1) is 20.4. The van der Waals surface area contributed by atoms with Crippen molar-refractivity contribution in [3.8, 4) is 0 Å². The maximum Gasteiger partial charge on any atom is 0.255 e. The lowest BCUT2D eigenvalue weighted by atomic mass is 10.1. The van der Waals surface area contributed by atoms with E-state index in [0.717, 1.165) is 54.1 Å². The number of nitrogens with one attached hydrogen (secondary N) is 2. The summed E-state index contributed by atoms with van der Waals surface area (Å²) in [5, 5.41) is 6.03. The summed E-state index contributed by atoms with van der Waals surface area (Å²) in [6.07, 6.45) is 0. The summed E-state index contributed by atoms with van der Waals surface area (Å²) in [6, 6.07) is 27.3. The van der Waals surface area contributed by atoms with Crippen molar-refractivity contribution in [3.05, 3.63) is 130 Å². The number of nitrogens with zero attached hydrogens (tertiary/aromatic N) is 2. The van der Waals surface area contributed by atoms with Crippen LogP contribution in [0.3, 0.4) is 0 Å². The quantitative estimate of drug-likeness (QED) is 0.263. The summed E-state index contributed by atoms with van der Waals surface area (Å²) in [6.45, 7) is 6.70. The van der Waals surface area contributed by atoms with Crippen LogP contribution in [0.2, 0.25) is 0 Å². The molecule has 42 heavy (non-hydrogen) atoms. The molecule has 8 heteroatoms. The Kier molecular flexibility index (Phi) is 9.26. The molecule has 0 atom stereocenters. The zero-order valence-electron chi connectivity index (χ0n) is 23.8. The molecule has 1 aliphatic heterocycles. The zero-order valence-corrected chi connectivity index (χ0v) is 23.8. The Morgan fingerprint density at radius 3 is 2.10 bits per heavy atom. The molecule has 0 unspecified atom stereocenters. The smallest absolute Gasteiger partial charge is 0.255 e. The van der Waals surface area contributed by atoms with Crippen molar-refractivity contribution in [1.29, 1.82) is 0 Å². The van der Waals surface area contributed by atoms with Crippen LogP contribution in [-0.4, -0.2) is 42.9 Å². The summed E-state index contributed by atoms with van der Waals surface area (Å²) < 4.78 is 13.4. The Morgan fingerprint density at radius 2 is 1.43 bits per heavy atom. The Hall–Kier alpha value is -4.53. The molecule has 4 aromatic carbocycles. The minimum atomic E-state index is -0.240. The molecule has 2 amide bonds. The Labute approximate surface area is 246 Å². The molecule has 0 radical (unpaired) electrons. The first-order valence-corrected chi connectivity index (χ1v) is 14.2. The second-order valence-electron chi connectivity index (χ2n) is 10.6. The summed E-state index contributed by atoms with van der Waals surface area (Å²) in [4.78, 5) is 30.8. The van der Waals surface area contributed by atoms with Crippen LogP contribution in [0, 0.1) is 12.7 Å². The predicted molar refractivity (Wildman–Crippen MR) is 165 cm³/mol. The van der Waals surface area contributed by atoms with Crippen LogP contribution in [-0.2, 0) is 19.6 Å². The molecule has 0 aliphatic carbocycles. The van der Waals surface area contributed by atoms with Gasteiger partial charge in [-0.05, 0) is 72.1 Å². The third-order valence-corrected chi connectivity index (χ3v) is 7.60. The fourth-order valence-corrected chi connectivity index (χ4v) is 5.01. The monoisotopic (exact) mass is 565 g/mol. The molecule has 5 rings (SSSR count). The molecule has 0 saturated carbocycles. The van der Waals surface area contributed by atoms with Crippen molar-refractivity contribution in [1.82, 2.24) is 10.2 Å². The highest BCUT2D eigenvalue weighted by molar-refractivity contribution is 6.05. The summed E-state index contributed by atoms with van der Waals surface area (Å²) in [5.41, 5.74) is 12.3. The minimum Gasteiger partial charge on any atom is -0.369 e. The van der Waals surface area contributed by atoms with Crippen LogP contribution >= 0.6 is 0 Å². The predicted octanol–water partition coefficient (Wildman–Crippen LogP) is 5.10. The van der Waals surface area contributed by atoms with Gasteiger partial charge in [-0.1, -0.05) is 48.0 Å². The number of benzene rings is 4. The molecule has 0 bridgehead atoms. The molecule has 1 heterocycles. The maximum absolute atomic E-state index is 13.4. The average molecular weight is 566 g/mol. The first-order valence-electron chi connectivity index (χ1n) is 14.2. The van der Waals surface area contributed by atoms with Gasteiger partial charge in [-0.3, -0.25) is 14.5 Å². The Bertz CT molecular complexity index is 1510. The number of anilines is 2. The summed E-state index contributed by atoms with van der Waals surface area (Å²) in [5.74, 6) is -0.686. The van der Waals surface area contributed by atoms with E-state index in [9.17, 15) is 14.0 Å². The van der Waals surface area contributed by atoms with Crippen molar-refractivity contribution in [2.75, 3.05) is 36.4 Å². The van der Waals surface area contributed by atoms with Gasteiger partial charge < -0.3 is 21.3 Å². The van der Waals surface area contributed by atoms with Gasteiger partial charge in [0.15, 0.2) is 0 Å². The van der Waals surface area contributed by atoms with E-state index in [1.807, 2.05) is 61.5 Å². The summed E-state index contributed by atoms with van der Waals surface area (Å²) in [7, 11) is 0. The number of carbonyl (C=O) groups is 2. The lowest BCUT2D eigenvalue weighted by Gasteiger charge is -2.36. The topological polar surface area (TPSA) is 90.7 Å². The van der Waals surface area contributed by atoms with E-state index in [4.69, 9.17) is 5.73 Å². The van der Waals surface area contributed by atoms with Gasteiger partial charge in [0, 0.05) is 68.3 Å². The van der Waals surface area contributed by atoms with Crippen molar-refractivity contribution < 1.29 is 14.0 Å². The number of aryl methyl sites for hydroxylation is 1. The number of amides is 2. The second-order valence-corrected chi connectivity index (χ2v) is 10.6. The van der Waals surface area contributed by atoms with E-state index < -0.39 is 0 Å². The fraction of sp³-hybridized carbons (Fsp3) is 0.235. The number of carbonyl (C=O) groups excluding carboxylic acids is 2. The number of hydrogen-bond acceptors (Lipinski definition) is 5. The van der Waals surface area contributed by atoms with E-state index in [1.165, 1.54) is 12.1 Å². The molecule has 0 aromatic heterocycles. The maximum atomic E-state index is 13.4. The van der Waals surface area contributed by atoms with Crippen LogP contribution in [0.25, 0.3) is 0 Å². The molecule has 216 valence electrons. The third-order valence-electron chi connectivity index (χ3n) is 7.60. The first kappa shape index (κ1) is 29.0. The highest BCUT2D eigenvalue weighted by atomic mass is 19.1. The molecule has 7 nitrogen and oxygen atoms in total. The standard InChI is InChI=1S/C34H36FN5O2/c1-24-2-8-27(9-3-24)34(42)38-32-20-28(33(41)37-22-26-6-4-25(21-36)5-7-26)10-11-29(32)23-39-16-18-40(19-17-39)31-14-12-30(35)13-15-31/h2-15,20H,16-19,21-23,36H2,1H3,(H,37,41)(H,38,42). The van der Waals surface area contributed by atoms with E-state index in [2.05, 4.69) is 20.4 Å². The zero-order chi connectivity index (χ0) is 29.5. The molecule has 1 saturated heterocycles. The van der Waals surface area contributed by atoms with Gasteiger partial charge >= 0.3 is 0 Å². The lowest BCUT2D eigenvalue weighted by Crippen LogP contribution is -2.46. The van der Waals surface area contributed by atoms with E-state index in [-0.39, 0.29) is 17.6 Å². The molecule has 4 aromatic rings. The molecule has 1 fully saturated rings. The number of rotatable bonds is 9. The van der Waals surface area contributed by atoms with E-state index in [0.29, 0.717) is 36.4 Å². The molecule has 0 spiro atoms. The molecule has 4 N–H and O–H groups in total. The molecular weight excluding hydrogens is 529 g/mol. The van der Waals surface area contributed by atoms with Gasteiger partial charge in [-0.25, -0.2) is 4.39 Å². The van der Waals surface area contributed by atoms with Crippen LogP contribution < -0.4 is 21.3 Å². The van der Waals surface area contributed by atoms with E-state index in [1.54, 1.807) is 24.3 Å². The second kappa shape index (κ2) is 13.4. The third kappa shape index (κ3) is 7.40. The minimum absolute atomic E-state index is 0.219.